The summed E-state index contributed by atoms with van der Waals surface area (Å²) in [4.78, 5) is 11.0. The lowest BCUT2D eigenvalue weighted by Crippen LogP contribution is -2.05. The van der Waals surface area contributed by atoms with Gasteiger partial charge in [-0.1, -0.05) is 12.1 Å². The van der Waals surface area contributed by atoms with Gasteiger partial charge in [-0.2, -0.15) is 5.10 Å². The second-order valence-electron chi connectivity index (χ2n) is 3.92. The Kier molecular flexibility index (Phi) is 3.62. The highest BCUT2D eigenvalue weighted by molar-refractivity contribution is 5.90. The van der Waals surface area contributed by atoms with Gasteiger partial charge in [0.15, 0.2) is 0 Å². The Bertz CT molecular complexity index is 549. The molecule has 1 aromatic carbocycles. The third kappa shape index (κ3) is 2.88. The van der Waals surface area contributed by atoms with Gasteiger partial charge in [0, 0.05) is 19.7 Å². The molecular weight excluding hydrogens is 232 g/mol. The van der Waals surface area contributed by atoms with Gasteiger partial charge in [0.2, 0.25) is 0 Å². The van der Waals surface area contributed by atoms with Gasteiger partial charge in [0.25, 0.3) is 0 Å². The molecular formula is C13H14N2O3. The summed E-state index contributed by atoms with van der Waals surface area (Å²) in [5.41, 5.74) is 1.24. The number of carboxylic acids is 1. The number of benzene rings is 1. The Hall–Kier alpha value is -2.30. The fourth-order valence-corrected chi connectivity index (χ4v) is 1.65. The number of rotatable bonds is 5. The first-order chi connectivity index (χ1) is 8.66. The molecule has 5 nitrogen and oxygen atoms in total. The van der Waals surface area contributed by atoms with Crippen molar-refractivity contribution in [3.63, 3.8) is 0 Å². The van der Waals surface area contributed by atoms with Crippen LogP contribution >= 0.6 is 0 Å². The molecule has 0 saturated carbocycles. The van der Waals surface area contributed by atoms with Crippen LogP contribution in [-0.2, 0) is 13.5 Å². The van der Waals surface area contributed by atoms with E-state index in [1.54, 1.807) is 29.1 Å². The minimum atomic E-state index is -0.980. The maximum atomic E-state index is 11.0. The van der Waals surface area contributed by atoms with E-state index in [2.05, 4.69) is 5.10 Å². The number of hydrogen-bond donors (Lipinski definition) is 1. The molecule has 1 N–H and O–H groups in total. The first-order valence-corrected chi connectivity index (χ1v) is 5.59. The molecule has 94 valence electrons. The van der Waals surface area contributed by atoms with Crippen LogP contribution in [0.2, 0.25) is 0 Å². The van der Waals surface area contributed by atoms with Crippen LogP contribution < -0.4 is 4.74 Å². The second kappa shape index (κ2) is 5.35. The Morgan fingerprint density at radius 2 is 2.22 bits per heavy atom. The number of hydrogen-bond acceptors (Lipinski definition) is 3. The van der Waals surface area contributed by atoms with Gasteiger partial charge < -0.3 is 9.84 Å². The highest BCUT2D eigenvalue weighted by Gasteiger charge is 2.09. The van der Waals surface area contributed by atoms with Crippen LogP contribution in [0, 0.1) is 0 Å². The first-order valence-electron chi connectivity index (χ1n) is 5.59. The maximum Gasteiger partial charge on any atom is 0.339 e. The molecule has 0 unspecified atom stereocenters. The molecule has 0 aliphatic rings. The number of carbonyl (C=O) groups is 1. The summed E-state index contributed by atoms with van der Waals surface area (Å²) in [6.45, 7) is 0.427. The molecule has 2 aromatic rings. The standard InChI is InChI=1S/C13H14N2O3/c1-15-9-10(8-14-15)6-7-18-12-5-3-2-4-11(12)13(16)17/h2-5,8-9H,6-7H2,1H3,(H,16,17). The minimum Gasteiger partial charge on any atom is -0.492 e. The molecule has 0 spiro atoms. The predicted octanol–water partition coefficient (Wildman–Crippen LogP) is 1.74. The van der Waals surface area contributed by atoms with Crippen molar-refractivity contribution in [2.45, 2.75) is 6.42 Å². The smallest absolute Gasteiger partial charge is 0.339 e. The topological polar surface area (TPSA) is 64.3 Å². The third-order valence-electron chi connectivity index (χ3n) is 2.52. The van der Waals surface area contributed by atoms with Gasteiger partial charge in [-0.25, -0.2) is 4.79 Å². The number of aryl methyl sites for hydroxylation is 1. The highest BCUT2D eigenvalue weighted by atomic mass is 16.5. The van der Waals surface area contributed by atoms with E-state index in [0.717, 1.165) is 5.56 Å². The monoisotopic (exact) mass is 246 g/mol. The molecule has 1 heterocycles. The molecule has 0 amide bonds. The van der Waals surface area contributed by atoms with Crippen molar-refractivity contribution in [1.29, 1.82) is 0 Å². The number of carboxylic acid groups (broad SMARTS) is 1. The molecule has 5 heteroatoms. The van der Waals surface area contributed by atoms with Crippen LogP contribution in [0.3, 0.4) is 0 Å². The van der Waals surface area contributed by atoms with Crippen molar-refractivity contribution in [3.8, 4) is 5.75 Å². The average molecular weight is 246 g/mol. The van der Waals surface area contributed by atoms with Crippen LogP contribution in [0.15, 0.2) is 36.7 Å². The van der Waals surface area contributed by atoms with Gasteiger partial charge in [0.05, 0.1) is 12.8 Å². The van der Waals surface area contributed by atoms with Gasteiger partial charge in [-0.3, -0.25) is 4.68 Å². The van der Waals surface area contributed by atoms with E-state index in [9.17, 15) is 4.79 Å². The SMILES string of the molecule is Cn1cc(CCOc2ccccc2C(=O)O)cn1. The third-order valence-corrected chi connectivity index (χ3v) is 2.52. The van der Waals surface area contributed by atoms with Crippen LogP contribution in [0.25, 0.3) is 0 Å². The quantitative estimate of drug-likeness (QED) is 0.872. The number of aromatic nitrogens is 2. The largest absolute Gasteiger partial charge is 0.492 e. The zero-order chi connectivity index (χ0) is 13.0. The Balaban J connectivity index is 1.96. The van der Waals surface area contributed by atoms with E-state index < -0.39 is 5.97 Å². The molecule has 2 rings (SSSR count). The van der Waals surface area contributed by atoms with Crippen molar-refractivity contribution < 1.29 is 14.6 Å². The molecule has 0 aliphatic heterocycles. The normalized spacial score (nSPS) is 10.3. The summed E-state index contributed by atoms with van der Waals surface area (Å²) in [6, 6.07) is 6.62. The number of aromatic carboxylic acids is 1. The summed E-state index contributed by atoms with van der Waals surface area (Å²) in [5.74, 6) is -0.583. The van der Waals surface area contributed by atoms with Crippen LogP contribution in [0.1, 0.15) is 15.9 Å². The van der Waals surface area contributed by atoms with E-state index >= 15 is 0 Å². The van der Waals surface area contributed by atoms with Crippen molar-refractivity contribution in [1.82, 2.24) is 9.78 Å². The summed E-state index contributed by atoms with van der Waals surface area (Å²) in [6.07, 6.45) is 4.38. The fourth-order valence-electron chi connectivity index (χ4n) is 1.65. The Morgan fingerprint density at radius 3 is 2.89 bits per heavy atom. The lowest BCUT2D eigenvalue weighted by molar-refractivity contribution is 0.0692. The molecule has 0 bridgehead atoms. The molecule has 0 saturated heterocycles. The zero-order valence-corrected chi connectivity index (χ0v) is 10.0. The zero-order valence-electron chi connectivity index (χ0n) is 10.0. The van der Waals surface area contributed by atoms with Crippen LogP contribution in [0.4, 0.5) is 0 Å². The van der Waals surface area contributed by atoms with Crippen molar-refractivity contribution in [3.05, 3.63) is 47.8 Å². The molecule has 0 aliphatic carbocycles. The molecule has 0 radical (unpaired) electrons. The van der Waals surface area contributed by atoms with E-state index in [0.29, 0.717) is 18.8 Å². The minimum absolute atomic E-state index is 0.184. The van der Waals surface area contributed by atoms with Crippen LogP contribution in [0.5, 0.6) is 5.75 Å². The number of nitrogens with zero attached hydrogens (tertiary/aromatic N) is 2. The van der Waals surface area contributed by atoms with E-state index in [1.807, 2.05) is 13.2 Å². The summed E-state index contributed by atoms with van der Waals surface area (Å²) in [5, 5.41) is 13.0. The van der Waals surface area contributed by atoms with E-state index in [-0.39, 0.29) is 5.56 Å². The second-order valence-corrected chi connectivity index (χ2v) is 3.92. The Morgan fingerprint density at radius 1 is 1.44 bits per heavy atom. The molecule has 18 heavy (non-hydrogen) atoms. The molecule has 0 atom stereocenters. The predicted molar refractivity (Wildman–Crippen MR) is 65.8 cm³/mol. The average Bonchev–Trinajstić information content (AvgIpc) is 2.75. The van der Waals surface area contributed by atoms with Gasteiger partial charge in [0.1, 0.15) is 11.3 Å². The van der Waals surface area contributed by atoms with Crippen molar-refractivity contribution in [2.75, 3.05) is 6.61 Å². The molecule has 1 aromatic heterocycles. The van der Waals surface area contributed by atoms with Crippen molar-refractivity contribution in [2.24, 2.45) is 7.05 Å². The summed E-state index contributed by atoms with van der Waals surface area (Å²) < 4.78 is 7.22. The lowest BCUT2D eigenvalue weighted by atomic mass is 10.2. The lowest BCUT2D eigenvalue weighted by Gasteiger charge is -2.07. The summed E-state index contributed by atoms with van der Waals surface area (Å²) in [7, 11) is 1.85. The van der Waals surface area contributed by atoms with Gasteiger partial charge >= 0.3 is 5.97 Å². The van der Waals surface area contributed by atoms with Crippen LogP contribution in [-0.4, -0.2) is 27.5 Å². The fraction of sp³-hybridized carbons (Fsp3) is 0.231. The maximum absolute atomic E-state index is 11.0. The Labute approximate surface area is 105 Å². The van der Waals surface area contributed by atoms with E-state index in [1.165, 1.54) is 6.07 Å². The van der Waals surface area contributed by atoms with Gasteiger partial charge in [-0.05, 0) is 17.7 Å². The number of para-hydroxylation sites is 1. The number of ether oxygens (including phenoxy) is 1. The van der Waals surface area contributed by atoms with E-state index in [4.69, 9.17) is 9.84 Å². The molecule has 0 fully saturated rings. The summed E-state index contributed by atoms with van der Waals surface area (Å²) >= 11 is 0. The van der Waals surface area contributed by atoms with Gasteiger partial charge in [-0.15, -0.1) is 0 Å². The first kappa shape index (κ1) is 12.2. The highest BCUT2D eigenvalue weighted by Crippen LogP contribution is 2.17. The van der Waals surface area contributed by atoms with Crippen molar-refractivity contribution >= 4 is 5.97 Å².